The molecule has 1 fully saturated rings. The zero-order chi connectivity index (χ0) is 20.9. The number of pyridine rings is 1. The van der Waals surface area contributed by atoms with Crippen LogP contribution in [0.2, 0.25) is 5.02 Å². The van der Waals surface area contributed by atoms with Gasteiger partial charge in [0.15, 0.2) is 0 Å². The zero-order valence-electron chi connectivity index (χ0n) is 16.2. The highest BCUT2D eigenvalue weighted by molar-refractivity contribution is 7.88. The maximum Gasteiger partial charge on any atom is 0.251 e. The molecule has 0 bridgehead atoms. The third-order valence-corrected chi connectivity index (χ3v) is 6.40. The molecule has 1 N–H and O–H groups in total. The predicted molar refractivity (Wildman–Crippen MR) is 112 cm³/mol. The molecule has 29 heavy (non-hydrogen) atoms. The SMILES string of the molecule is CS(=O)(=O)N1CCC(Oc2ccc(C(=O)NCCc3ccncc3)cc2Cl)CC1. The van der Waals surface area contributed by atoms with Gasteiger partial charge in [0, 0.05) is 37.6 Å². The van der Waals surface area contributed by atoms with Crippen LogP contribution >= 0.6 is 11.6 Å². The number of sulfonamides is 1. The molecule has 1 aromatic carbocycles. The first-order valence-electron chi connectivity index (χ1n) is 9.41. The molecule has 0 saturated carbocycles. The van der Waals surface area contributed by atoms with Crippen LogP contribution < -0.4 is 10.1 Å². The van der Waals surface area contributed by atoms with Crippen LogP contribution in [0.25, 0.3) is 0 Å². The number of benzene rings is 1. The summed E-state index contributed by atoms with van der Waals surface area (Å²) in [5.74, 6) is 0.298. The second-order valence-electron chi connectivity index (χ2n) is 6.99. The van der Waals surface area contributed by atoms with Crippen molar-refractivity contribution in [3.05, 3.63) is 58.9 Å². The molecule has 1 aliphatic rings. The highest BCUT2D eigenvalue weighted by Gasteiger charge is 2.26. The van der Waals surface area contributed by atoms with Crippen molar-refractivity contribution in [2.24, 2.45) is 0 Å². The lowest BCUT2D eigenvalue weighted by molar-refractivity contribution is 0.0954. The lowest BCUT2D eigenvalue weighted by atomic mass is 10.1. The number of rotatable bonds is 7. The maximum atomic E-state index is 12.3. The zero-order valence-corrected chi connectivity index (χ0v) is 17.7. The van der Waals surface area contributed by atoms with E-state index < -0.39 is 10.0 Å². The quantitative estimate of drug-likeness (QED) is 0.719. The van der Waals surface area contributed by atoms with Gasteiger partial charge in [-0.05, 0) is 55.2 Å². The number of hydrogen-bond acceptors (Lipinski definition) is 5. The molecule has 1 amide bonds. The summed E-state index contributed by atoms with van der Waals surface area (Å²) < 4.78 is 30.6. The maximum absolute atomic E-state index is 12.3. The number of nitrogens with zero attached hydrogens (tertiary/aromatic N) is 2. The van der Waals surface area contributed by atoms with E-state index in [0.717, 1.165) is 12.0 Å². The van der Waals surface area contributed by atoms with E-state index in [9.17, 15) is 13.2 Å². The molecule has 0 unspecified atom stereocenters. The Bertz CT molecular complexity index is 945. The fourth-order valence-electron chi connectivity index (χ4n) is 3.17. The van der Waals surface area contributed by atoms with Gasteiger partial charge in [-0.2, -0.15) is 0 Å². The Hall–Kier alpha value is -2.16. The molecule has 0 spiro atoms. The van der Waals surface area contributed by atoms with E-state index in [1.807, 2.05) is 12.1 Å². The first-order valence-corrected chi connectivity index (χ1v) is 11.6. The van der Waals surface area contributed by atoms with Crippen LogP contribution in [0.4, 0.5) is 0 Å². The molecule has 1 saturated heterocycles. The second kappa shape index (κ2) is 9.56. The first kappa shape index (κ1) is 21.5. The van der Waals surface area contributed by atoms with Gasteiger partial charge >= 0.3 is 0 Å². The first-order chi connectivity index (χ1) is 13.8. The molecule has 0 aliphatic carbocycles. The summed E-state index contributed by atoms with van der Waals surface area (Å²) >= 11 is 6.31. The third-order valence-electron chi connectivity index (χ3n) is 4.81. The van der Waals surface area contributed by atoms with Crippen LogP contribution in [-0.2, 0) is 16.4 Å². The van der Waals surface area contributed by atoms with Crippen molar-refractivity contribution >= 4 is 27.5 Å². The monoisotopic (exact) mass is 437 g/mol. The largest absolute Gasteiger partial charge is 0.489 e. The van der Waals surface area contributed by atoms with Gasteiger partial charge in [-0.15, -0.1) is 0 Å². The Balaban J connectivity index is 1.51. The Kier molecular flexibility index (Phi) is 7.10. The summed E-state index contributed by atoms with van der Waals surface area (Å²) in [6, 6.07) is 8.77. The van der Waals surface area contributed by atoms with Gasteiger partial charge in [-0.3, -0.25) is 9.78 Å². The van der Waals surface area contributed by atoms with Crippen LogP contribution in [0, 0.1) is 0 Å². The second-order valence-corrected chi connectivity index (χ2v) is 9.38. The smallest absolute Gasteiger partial charge is 0.251 e. The summed E-state index contributed by atoms with van der Waals surface area (Å²) in [5.41, 5.74) is 1.56. The van der Waals surface area contributed by atoms with Crippen molar-refractivity contribution < 1.29 is 17.9 Å². The molecule has 1 aromatic heterocycles. The minimum atomic E-state index is -3.17. The minimum Gasteiger partial charge on any atom is -0.489 e. The molecule has 0 radical (unpaired) electrons. The van der Waals surface area contributed by atoms with E-state index in [1.165, 1.54) is 10.6 Å². The standard InChI is InChI=1S/C20H24ClN3O4S/c1-29(26,27)24-12-7-17(8-13-24)28-19-3-2-16(14-18(19)21)20(25)23-11-6-15-4-9-22-10-5-15/h2-5,9-10,14,17H,6-8,11-13H2,1H3,(H,23,25). The van der Waals surface area contributed by atoms with E-state index >= 15 is 0 Å². The molecule has 156 valence electrons. The van der Waals surface area contributed by atoms with Crippen molar-refractivity contribution in [1.82, 2.24) is 14.6 Å². The summed E-state index contributed by atoms with van der Waals surface area (Å²) in [6.07, 6.45) is 6.47. The van der Waals surface area contributed by atoms with Gasteiger partial charge in [-0.25, -0.2) is 12.7 Å². The lowest BCUT2D eigenvalue weighted by Gasteiger charge is -2.30. The Morgan fingerprint density at radius 3 is 2.55 bits per heavy atom. The Labute approximate surface area is 176 Å². The molecule has 1 aliphatic heterocycles. The molecule has 9 heteroatoms. The van der Waals surface area contributed by atoms with Gasteiger partial charge in [-0.1, -0.05) is 11.6 Å². The minimum absolute atomic E-state index is 0.106. The molecule has 2 aromatic rings. The van der Waals surface area contributed by atoms with Crippen LogP contribution in [-0.4, -0.2) is 55.6 Å². The average Bonchev–Trinajstić information content (AvgIpc) is 2.70. The molecule has 0 atom stereocenters. The molecule has 3 rings (SSSR count). The fourth-order valence-corrected chi connectivity index (χ4v) is 4.27. The van der Waals surface area contributed by atoms with Crippen molar-refractivity contribution in [3.63, 3.8) is 0 Å². The predicted octanol–water partition coefficient (Wildman–Crippen LogP) is 2.51. The van der Waals surface area contributed by atoms with Crippen LogP contribution in [0.5, 0.6) is 5.75 Å². The van der Waals surface area contributed by atoms with Gasteiger partial charge in [0.25, 0.3) is 5.91 Å². The van der Waals surface area contributed by atoms with Gasteiger partial charge in [0.05, 0.1) is 11.3 Å². The topological polar surface area (TPSA) is 88.6 Å². The Morgan fingerprint density at radius 1 is 1.24 bits per heavy atom. The fraction of sp³-hybridized carbons (Fsp3) is 0.400. The van der Waals surface area contributed by atoms with Crippen molar-refractivity contribution in [1.29, 1.82) is 0 Å². The summed E-state index contributed by atoms with van der Waals surface area (Å²) in [6.45, 7) is 1.37. The summed E-state index contributed by atoms with van der Waals surface area (Å²) in [7, 11) is -3.17. The highest BCUT2D eigenvalue weighted by atomic mass is 35.5. The number of nitrogens with one attached hydrogen (secondary N) is 1. The van der Waals surface area contributed by atoms with E-state index in [2.05, 4.69) is 10.3 Å². The molecule has 2 heterocycles. The number of aromatic nitrogens is 1. The van der Waals surface area contributed by atoms with Crippen molar-refractivity contribution in [2.75, 3.05) is 25.9 Å². The summed E-state index contributed by atoms with van der Waals surface area (Å²) in [5, 5.41) is 3.23. The van der Waals surface area contributed by atoms with E-state index in [-0.39, 0.29) is 12.0 Å². The number of amides is 1. The molecule has 7 nitrogen and oxygen atoms in total. The van der Waals surface area contributed by atoms with E-state index in [4.69, 9.17) is 16.3 Å². The number of hydrogen-bond donors (Lipinski definition) is 1. The van der Waals surface area contributed by atoms with Gasteiger partial charge in [0.1, 0.15) is 11.9 Å². The lowest BCUT2D eigenvalue weighted by Crippen LogP contribution is -2.41. The van der Waals surface area contributed by atoms with Crippen LogP contribution in [0.1, 0.15) is 28.8 Å². The van der Waals surface area contributed by atoms with Crippen LogP contribution in [0.3, 0.4) is 0 Å². The van der Waals surface area contributed by atoms with E-state index in [0.29, 0.717) is 48.8 Å². The number of piperidine rings is 1. The average molecular weight is 438 g/mol. The highest BCUT2D eigenvalue weighted by Crippen LogP contribution is 2.28. The van der Waals surface area contributed by atoms with Crippen LogP contribution in [0.15, 0.2) is 42.7 Å². The van der Waals surface area contributed by atoms with Crippen molar-refractivity contribution in [3.8, 4) is 5.75 Å². The number of carbonyl (C=O) groups excluding carboxylic acids is 1. The van der Waals surface area contributed by atoms with Gasteiger partial charge in [0.2, 0.25) is 10.0 Å². The number of carbonyl (C=O) groups is 1. The van der Waals surface area contributed by atoms with Crippen molar-refractivity contribution in [2.45, 2.75) is 25.4 Å². The van der Waals surface area contributed by atoms with Gasteiger partial charge < -0.3 is 10.1 Å². The Morgan fingerprint density at radius 2 is 1.93 bits per heavy atom. The normalized spacial score (nSPS) is 15.8. The van der Waals surface area contributed by atoms with E-state index in [1.54, 1.807) is 30.6 Å². The summed E-state index contributed by atoms with van der Waals surface area (Å²) in [4.78, 5) is 16.3. The molecular formula is C20H24ClN3O4S. The number of ether oxygens (including phenoxy) is 1. The third kappa shape index (κ3) is 6.16. The number of halogens is 1. The molecular weight excluding hydrogens is 414 g/mol.